The maximum atomic E-state index is 16.5. The molecule has 398 valence electrons. The number of primary amides is 1. The normalized spacial score (nSPS) is 23.3. The number of hydrogen-bond donors (Lipinski definition) is 4. The average Bonchev–Trinajstić information content (AvgIpc) is 3.91. The van der Waals surface area contributed by atoms with Gasteiger partial charge in [0, 0.05) is 99.3 Å². The topological polar surface area (TPSA) is 194 Å². The van der Waals surface area contributed by atoms with Gasteiger partial charge >= 0.3 is 6.03 Å². The number of aryl methyl sites for hydroxylation is 1. The van der Waals surface area contributed by atoms with Crippen molar-refractivity contribution in [2.24, 2.45) is 18.7 Å². The van der Waals surface area contributed by atoms with E-state index in [2.05, 4.69) is 32.8 Å². The number of imide groups is 1. The van der Waals surface area contributed by atoms with Crippen LogP contribution in [0.5, 0.6) is 11.5 Å². The van der Waals surface area contributed by atoms with Crippen LogP contribution in [0.25, 0.3) is 22.0 Å². The van der Waals surface area contributed by atoms with Crippen molar-refractivity contribution in [1.29, 1.82) is 0 Å². The number of hydrogen-bond acceptors (Lipinski definition) is 11. The first-order valence-corrected chi connectivity index (χ1v) is 26.5. The molecule has 0 spiro atoms. The largest absolute Gasteiger partial charge is 0.488 e. The molecule has 5 N–H and O–H groups in total. The summed E-state index contributed by atoms with van der Waals surface area (Å²) in [7, 11) is 3.67. The van der Waals surface area contributed by atoms with E-state index in [4.69, 9.17) is 31.5 Å². The van der Waals surface area contributed by atoms with E-state index in [1.54, 1.807) is 11.8 Å². The summed E-state index contributed by atoms with van der Waals surface area (Å²) in [4.78, 5) is 57.4. The minimum Gasteiger partial charge on any atom is -0.488 e. The quantitative estimate of drug-likeness (QED) is 0.0811. The van der Waals surface area contributed by atoms with Gasteiger partial charge in [0.15, 0.2) is 23.0 Å². The second-order valence-electron chi connectivity index (χ2n) is 20.9. The number of piperidine rings is 2. The average molecular weight is 1050 g/mol. The Morgan fingerprint density at radius 3 is 2.37 bits per heavy atom. The SMILES string of the molecule is COC1(CN2CCC(c3ccc4c(N5CCC(=O)NC5=O)nn(C)c4c3)CC2)CCN(C(=O)C2CCC(NCC3(c4ccccc4)Oc4cc(F)c(Cl)c(-c5c(C(N)=O)ccc(OCCO)c5F)c4C3C)CC2)CC1. The van der Waals surface area contributed by atoms with E-state index < -0.39 is 40.1 Å². The first kappa shape index (κ1) is 52.3. The van der Waals surface area contributed by atoms with E-state index in [9.17, 15) is 24.3 Å². The molecule has 10 rings (SSSR count). The maximum Gasteiger partial charge on any atom is 0.329 e. The van der Waals surface area contributed by atoms with Gasteiger partial charge in [0.1, 0.15) is 18.2 Å². The Morgan fingerprint density at radius 2 is 1.69 bits per heavy atom. The summed E-state index contributed by atoms with van der Waals surface area (Å²) in [6.07, 6.45) is 6.69. The summed E-state index contributed by atoms with van der Waals surface area (Å²) in [5.74, 6) is -2.70. The highest BCUT2D eigenvalue weighted by Crippen LogP contribution is 2.56. The minimum absolute atomic E-state index is 0.0499. The molecule has 4 fully saturated rings. The standard InChI is InChI=1S/C56H65ClF2N8O8/c1-33-46-44(30-41(58)49(57)48(46)47-40(51(60)70)15-16-43(50(47)59)74-28-27-68)75-56(33,37-7-5-4-6-8-37)31-61-38-12-9-35(10-13-38)53(71)66-25-20-55(73-3,21-26-66)32-65-22-17-34(18-23-65)36-11-14-39-42(29-36)64(2)63-52(39)67-24-19-45(69)62-54(67)72/h4-8,11,14-16,29-30,33-35,38,61,68H,9-10,12-13,17-28,31-32H2,1-3H3,(H2,60,70)(H,62,69,72). The number of ether oxygens (including phenoxy) is 3. The van der Waals surface area contributed by atoms with Gasteiger partial charge in [-0.05, 0) is 106 Å². The number of carbonyl (C=O) groups excluding carboxylic acids is 4. The summed E-state index contributed by atoms with van der Waals surface area (Å²) in [6.45, 7) is 5.83. The molecule has 1 aromatic heterocycles. The number of aliphatic hydroxyl groups excluding tert-OH is 1. The number of halogens is 3. The molecule has 5 amide bonds. The van der Waals surface area contributed by atoms with E-state index in [0.717, 1.165) is 74.6 Å². The highest BCUT2D eigenvalue weighted by Gasteiger charge is 2.51. The van der Waals surface area contributed by atoms with Crippen LogP contribution in [-0.2, 0) is 27.0 Å². The van der Waals surface area contributed by atoms with Crippen LogP contribution >= 0.6 is 11.6 Å². The van der Waals surface area contributed by atoms with Crippen molar-refractivity contribution in [1.82, 2.24) is 30.2 Å². The molecule has 1 saturated carbocycles. The lowest BCUT2D eigenvalue weighted by Crippen LogP contribution is -2.55. The third kappa shape index (κ3) is 9.95. The predicted octanol–water partition coefficient (Wildman–Crippen LogP) is 7.52. The first-order chi connectivity index (χ1) is 36.1. The summed E-state index contributed by atoms with van der Waals surface area (Å²) >= 11 is 6.74. The number of aliphatic hydroxyl groups is 1. The van der Waals surface area contributed by atoms with Gasteiger partial charge in [-0.25, -0.2) is 13.6 Å². The second kappa shape index (κ2) is 21.4. The Kier molecular flexibility index (Phi) is 14.9. The molecule has 5 heterocycles. The number of amides is 5. The molecule has 0 radical (unpaired) electrons. The lowest BCUT2D eigenvalue weighted by molar-refractivity contribution is -0.143. The summed E-state index contributed by atoms with van der Waals surface area (Å²) < 4.78 is 52.8. The van der Waals surface area contributed by atoms with Crippen molar-refractivity contribution in [3.63, 3.8) is 0 Å². The zero-order chi connectivity index (χ0) is 52.8. The number of anilines is 1. The Morgan fingerprint density at radius 1 is 0.960 bits per heavy atom. The van der Waals surface area contributed by atoms with Crippen LogP contribution in [0.2, 0.25) is 5.02 Å². The van der Waals surface area contributed by atoms with Crippen LogP contribution < -0.4 is 30.7 Å². The van der Waals surface area contributed by atoms with Gasteiger partial charge in [-0.2, -0.15) is 5.10 Å². The van der Waals surface area contributed by atoms with Crippen molar-refractivity contribution in [3.8, 4) is 22.6 Å². The van der Waals surface area contributed by atoms with E-state index in [0.29, 0.717) is 49.8 Å². The lowest BCUT2D eigenvalue weighted by atomic mass is 9.77. The van der Waals surface area contributed by atoms with Gasteiger partial charge in [-0.15, -0.1) is 0 Å². The number of nitrogens with two attached hydrogens (primary N) is 1. The molecule has 16 nitrogen and oxygen atoms in total. The van der Waals surface area contributed by atoms with E-state index >= 15 is 8.78 Å². The first-order valence-electron chi connectivity index (χ1n) is 26.1. The number of carbonyl (C=O) groups is 4. The Hall–Kier alpha value is -6.18. The van der Waals surface area contributed by atoms with E-state index in [1.807, 2.05) is 55.3 Å². The van der Waals surface area contributed by atoms with Gasteiger partial charge in [-0.1, -0.05) is 54.9 Å². The van der Waals surface area contributed by atoms with Crippen molar-refractivity contribution >= 4 is 52.1 Å². The molecule has 5 aromatic rings. The molecule has 4 aromatic carbocycles. The summed E-state index contributed by atoms with van der Waals surface area (Å²) in [6, 6.07) is 19.3. The number of nitrogens with zero attached hydrogens (tertiary/aromatic N) is 5. The van der Waals surface area contributed by atoms with Gasteiger partial charge in [0.2, 0.25) is 17.7 Å². The molecule has 5 aliphatic rings. The van der Waals surface area contributed by atoms with Gasteiger partial charge in [-0.3, -0.25) is 29.3 Å². The molecular formula is C56H65ClF2N8O8. The zero-order valence-electron chi connectivity index (χ0n) is 42.6. The molecule has 2 atom stereocenters. The van der Waals surface area contributed by atoms with Crippen LogP contribution in [0.3, 0.4) is 0 Å². The molecule has 19 heteroatoms. The maximum absolute atomic E-state index is 16.5. The molecule has 3 saturated heterocycles. The van der Waals surface area contributed by atoms with Crippen molar-refractivity contribution in [2.75, 3.05) is 71.0 Å². The Labute approximate surface area is 439 Å². The van der Waals surface area contributed by atoms with E-state index in [-0.39, 0.29) is 83.7 Å². The van der Waals surface area contributed by atoms with Crippen molar-refractivity contribution < 1.29 is 47.3 Å². The summed E-state index contributed by atoms with van der Waals surface area (Å²) in [5, 5.41) is 20.7. The fourth-order valence-electron chi connectivity index (χ4n) is 12.5. The fraction of sp³-hybridized carbons (Fsp3) is 0.482. The number of rotatable bonds is 15. The molecular weight excluding hydrogens is 986 g/mol. The molecule has 0 bridgehead atoms. The van der Waals surface area contributed by atoms with Gasteiger partial charge in [0.25, 0.3) is 0 Å². The van der Waals surface area contributed by atoms with Crippen molar-refractivity contribution in [3.05, 3.63) is 106 Å². The number of urea groups is 1. The second-order valence-corrected chi connectivity index (χ2v) is 21.3. The number of fused-ring (bicyclic) bond motifs is 2. The summed E-state index contributed by atoms with van der Waals surface area (Å²) in [5.41, 5.74) is 7.13. The lowest BCUT2D eigenvalue weighted by Gasteiger charge is -2.45. The van der Waals surface area contributed by atoms with Crippen molar-refractivity contribution in [2.45, 2.75) is 93.8 Å². The molecule has 75 heavy (non-hydrogen) atoms. The van der Waals surface area contributed by atoms with Crippen LogP contribution in [-0.4, -0.2) is 126 Å². The van der Waals surface area contributed by atoms with Crippen LogP contribution in [0, 0.1) is 17.6 Å². The van der Waals surface area contributed by atoms with Crippen LogP contribution in [0.4, 0.5) is 19.4 Å². The number of methoxy groups -OCH3 is 1. The smallest absolute Gasteiger partial charge is 0.329 e. The number of aromatic nitrogens is 2. The number of benzene rings is 4. The monoisotopic (exact) mass is 1050 g/mol. The zero-order valence-corrected chi connectivity index (χ0v) is 43.4. The minimum atomic E-state index is -1.12. The molecule has 1 aliphatic carbocycles. The Bertz CT molecular complexity index is 2990. The molecule has 4 aliphatic heterocycles. The highest BCUT2D eigenvalue weighted by molar-refractivity contribution is 6.34. The van der Waals surface area contributed by atoms with E-state index in [1.165, 1.54) is 28.7 Å². The van der Waals surface area contributed by atoms with Crippen LogP contribution in [0.15, 0.2) is 66.7 Å². The molecule has 2 unspecified atom stereocenters. The number of nitrogens with one attached hydrogen (secondary N) is 2. The number of likely N-dealkylation sites (tertiary alicyclic amines) is 2. The highest BCUT2D eigenvalue weighted by atomic mass is 35.5. The third-order valence-corrected chi connectivity index (χ3v) is 17.1. The fourth-order valence-corrected chi connectivity index (χ4v) is 12.7. The van der Waals surface area contributed by atoms with Crippen LogP contribution in [0.1, 0.15) is 104 Å². The predicted molar refractivity (Wildman–Crippen MR) is 279 cm³/mol. The third-order valence-electron chi connectivity index (χ3n) is 16.8. The Balaban J connectivity index is 0.749. The van der Waals surface area contributed by atoms with Gasteiger partial charge in [0.05, 0.1) is 28.3 Å². The van der Waals surface area contributed by atoms with Gasteiger partial charge < -0.3 is 40.2 Å².